The number of aryl methyl sites for hydroxylation is 1. The van der Waals surface area contributed by atoms with E-state index in [1.54, 1.807) is 6.07 Å². The first kappa shape index (κ1) is 18.1. The van der Waals surface area contributed by atoms with E-state index in [-0.39, 0.29) is 29.5 Å². The van der Waals surface area contributed by atoms with Crippen LogP contribution in [0.2, 0.25) is 0 Å². The number of likely N-dealkylation sites (tertiary alicyclic amines) is 1. The maximum absolute atomic E-state index is 12.9. The van der Waals surface area contributed by atoms with E-state index in [1.807, 2.05) is 11.8 Å². The van der Waals surface area contributed by atoms with Crippen LogP contribution >= 0.6 is 0 Å². The lowest BCUT2D eigenvalue weighted by Gasteiger charge is -2.35. The summed E-state index contributed by atoms with van der Waals surface area (Å²) in [4.78, 5) is 23.6. The predicted molar refractivity (Wildman–Crippen MR) is 96.4 cm³/mol. The number of amides is 1. The van der Waals surface area contributed by atoms with Crippen LogP contribution in [-0.4, -0.2) is 59.3 Å². The van der Waals surface area contributed by atoms with Gasteiger partial charge in [0.05, 0.1) is 11.5 Å². The zero-order valence-corrected chi connectivity index (χ0v) is 15.7. The number of piperidine rings is 1. The SMILES string of the molecule is CCC1CCCCN1C(=O)c1cc(C)nc(NC2CCS(=O)(=O)C2)n1. The van der Waals surface area contributed by atoms with Gasteiger partial charge in [0.1, 0.15) is 5.69 Å². The summed E-state index contributed by atoms with van der Waals surface area (Å²) in [5, 5.41) is 3.09. The molecule has 2 aliphatic rings. The third-order valence-corrected chi connectivity index (χ3v) is 6.77. The summed E-state index contributed by atoms with van der Waals surface area (Å²) in [6.07, 6.45) is 4.72. The topological polar surface area (TPSA) is 92.3 Å². The highest BCUT2D eigenvalue weighted by Gasteiger charge is 2.30. The van der Waals surface area contributed by atoms with Crippen LogP contribution in [0.25, 0.3) is 0 Å². The quantitative estimate of drug-likeness (QED) is 0.873. The first-order valence-corrected chi connectivity index (χ1v) is 10.8. The van der Waals surface area contributed by atoms with Crippen molar-refractivity contribution >= 4 is 21.7 Å². The Morgan fingerprint density at radius 1 is 1.32 bits per heavy atom. The number of aromatic nitrogens is 2. The lowest BCUT2D eigenvalue weighted by Crippen LogP contribution is -2.43. The zero-order valence-electron chi connectivity index (χ0n) is 14.9. The van der Waals surface area contributed by atoms with Gasteiger partial charge < -0.3 is 10.2 Å². The summed E-state index contributed by atoms with van der Waals surface area (Å²) in [6.45, 7) is 4.70. The standard InChI is InChI=1S/C17H26N4O3S/c1-3-14-6-4-5-8-21(14)16(22)15-10-12(2)18-17(20-15)19-13-7-9-25(23,24)11-13/h10,13-14H,3-9,11H2,1-2H3,(H,18,19,20). The van der Waals surface area contributed by atoms with E-state index >= 15 is 0 Å². The Hall–Kier alpha value is -1.70. The van der Waals surface area contributed by atoms with E-state index in [0.29, 0.717) is 23.8 Å². The maximum Gasteiger partial charge on any atom is 0.272 e. The van der Waals surface area contributed by atoms with Crippen LogP contribution in [0, 0.1) is 6.92 Å². The third kappa shape index (κ3) is 4.29. The van der Waals surface area contributed by atoms with Crippen LogP contribution in [0.4, 0.5) is 5.95 Å². The van der Waals surface area contributed by atoms with E-state index in [0.717, 1.165) is 32.2 Å². The number of nitrogens with zero attached hydrogens (tertiary/aromatic N) is 3. The second kappa shape index (κ2) is 7.27. The Kier molecular flexibility index (Phi) is 5.27. The van der Waals surface area contributed by atoms with Crippen molar-refractivity contribution in [2.75, 3.05) is 23.4 Å². The van der Waals surface area contributed by atoms with Crippen LogP contribution in [0.3, 0.4) is 0 Å². The summed E-state index contributed by atoms with van der Waals surface area (Å²) < 4.78 is 23.2. The van der Waals surface area contributed by atoms with E-state index in [4.69, 9.17) is 0 Å². The summed E-state index contributed by atoms with van der Waals surface area (Å²) in [6, 6.07) is 1.79. The molecule has 7 nitrogen and oxygen atoms in total. The van der Waals surface area contributed by atoms with Gasteiger partial charge in [-0.2, -0.15) is 0 Å². The molecule has 2 atom stereocenters. The van der Waals surface area contributed by atoms with Crippen molar-refractivity contribution in [3.8, 4) is 0 Å². The van der Waals surface area contributed by atoms with Crippen LogP contribution in [-0.2, 0) is 9.84 Å². The van der Waals surface area contributed by atoms with Gasteiger partial charge in [-0.3, -0.25) is 4.79 Å². The minimum Gasteiger partial charge on any atom is -0.350 e. The smallest absolute Gasteiger partial charge is 0.272 e. The average Bonchev–Trinajstić information content (AvgIpc) is 2.92. The van der Waals surface area contributed by atoms with Crippen LogP contribution in [0.5, 0.6) is 0 Å². The molecule has 0 spiro atoms. The Labute approximate surface area is 149 Å². The van der Waals surface area contributed by atoms with Gasteiger partial charge in [0.25, 0.3) is 5.91 Å². The Morgan fingerprint density at radius 2 is 2.12 bits per heavy atom. The molecule has 2 aliphatic heterocycles. The molecule has 1 amide bonds. The molecule has 25 heavy (non-hydrogen) atoms. The first-order valence-electron chi connectivity index (χ1n) is 9.01. The van der Waals surface area contributed by atoms with E-state index in [1.165, 1.54) is 0 Å². The highest BCUT2D eigenvalue weighted by Crippen LogP contribution is 2.22. The van der Waals surface area contributed by atoms with Crippen molar-refractivity contribution in [3.63, 3.8) is 0 Å². The molecule has 2 fully saturated rings. The van der Waals surface area contributed by atoms with Gasteiger partial charge >= 0.3 is 0 Å². The van der Waals surface area contributed by atoms with Gasteiger partial charge in [0.15, 0.2) is 9.84 Å². The molecule has 3 heterocycles. The van der Waals surface area contributed by atoms with E-state index in [9.17, 15) is 13.2 Å². The van der Waals surface area contributed by atoms with E-state index in [2.05, 4.69) is 22.2 Å². The van der Waals surface area contributed by atoms with Crippen molar-refractivity contribution in [1.29, 1.82) is 0 Å². The number of nitrogens with one attached hydrogen (secondary N) is 1. The summed E-state index contributed by atoms with van der Waals surface area (Å²) in [5.41, 5.74) is 1.09. The number of hydrogen-bond donors (Lipinski definition) is 1. The van der Waals surface area contributed by atoms with Gasteiger partial charge in [-0.1, -0.05) is 6.92 Å². The summed E-state index contributed by atoms with van der Waals surface area (Å²) in [5.74, 6) is 0.570. The number of anilines is 1. The fourth-order valence-corrected chi connectivity index (χ4v) is 5.35. The minimum atomic E-state index is -2.97. The second-order valence-electron chi connectivity index (χ2n) is 7.02. The molecule has 1 N–H and O–H groups in total. The number of carbonyl (C=O) groups is 1. The van der Waals surface area contributed by atoms with Gasteiger partial charge in [-0.05, 0) is 45.1 Å². The van der Waals surface area contributed by atoms with Crippen molar-refractivity contribution in [3.05, 3.63) is 17.5 Å². The van der Waals surface area contributed by atoms with Crippen LogP contribution < -0.4 is 5.32 Å². The summed E-state index contributed by atoms with van der Waals surface area (Å²) >= 11 is 0. The van der Waals surface area contributed by atoms with Gasteiger partial charge in [-0.15, -0.1) is 0 Å². The highest BCUT2D eigenvalue weighted by molar-refractivity contribution is 7.91. The van der Waals surface area contributed by atoms with Crippen molar-refractivity contribution < 1.29 is 13.2 Å². The monoisotopic (exact) mass is 366 g/mol. The minimum absolute atomic E-state index is 0.0563. The van der Waals surface area contributed by atoms with Crippen molar-refractivity contribution in [2.45, 2.75) is 58.0 Å². The molecule has 0 bridgehead atoms. The molecule has 0 aromatic carbocycles. The largest absolute Gasteiger partial charge is 0.350 e. The molecule has 1 aromatic rings. The van der Waals surface area contributed by atoms with E-state index < -0.39 is 9.84 Å². The highest BCUT2D eigenvalue weighted by atomic mass is 32.2. The molecule has 1 aromatic heterocycles. The molecule has 2 unspecified atom stereocenters. The Bertz CT molecular complexity index is 750. The molecule has 0 radical (unpaired) electrons. The lowest BCUT2D eigenvalue weighted by molar-refractivity contribution is 0.0601. The number of sulfone groups is 1. The molecular formula is C17H26N4O3S. The molecule has 3 rings (SSSR count). The zero-order chi connectivity index (χ0) is 18.0. The van der Waals surface area contributed by atoms with Gasteiger partial charge in [0.2, 0.25) is 5.95 Å². The van der Waals surface area contributed by atoms with Crippen LogP contribution in [0.1, 0.15) is 55.2 Å². The van der Waals surface area contributed by atoms with Gasteiger partial charge in [0, 0.05) is 24.3 Å². The summed E-state index contributed by atoms with van der Waals surface area (Å²) in [7, 11) is -2.97. The predicted octanol–water partition coefficient (Wildman–Crippen LogP) is 1.79. The Balaban J connectivity index is 1.78. The van der Waals surface area contributed by atoms with Crippen molar-refractivity contribution in [2.24, 2.45) is 0 Å². The van der Waals surface area contributed by atoms with Crippen molar-refractivity contribution in [1.82, 2.24) is 14.9 Å². The molecule has 0 aliphatic carbocycles. The maximum atomic E-state index is 12.9. The molecule has 138 valence electrons. The molecule has 0 saturated carbocycles. The lowest BCUT2D eigenvalue weighted by atomic mass is 9.99. The molecular weight excluding hydrogens is 340 g/mol. The number of carbonyl (C=O) groups excluding carboxylic acids is 1. The van der Waals surface area contributed by atoms with Gasteiger partial charge in [-0.25, -0.2) is 18.4 Å². The Morgan fingerprint density at radius 3 is 2.80 bits per heavy atom. The molecule has 2 saturated heterocycles. The third-order valence-electron chi connectivity index (χ3n) is 5.00. The average molecular weight is 366 g/mol. The number of rotatable bonds is 4. The number of hydrogen-bond acceptors (Lipinski definition) is 6. The fraction of sp³-hybridized carbons (Fsp3) is 0.706. The normalized spacial score (nSPS) is 25.8. The molecule has 8 heteroatoms. The first-order chi connectivity index (χ1) is 11.9. The second-order valence-corrected chi connectivity index (χ2v) is 9.25. The van der Waals surface area contributed by atoms with Crippen LogP contribution in [0.15, 0.2) is 6.07 Å². The fourth-order valence-electron chi connectivity index (χ4n) is 3.67.